The zero-order valence-corrected chi connectivity index (χ0v) is 20.6. The molecule has 2 N–H and O–H groups in total. The molecular formula is C21H18F3N7O4S2. The highest BCUT2D eigenvalue weighted by Gasteiger charge is 2.51. The second kappa shape index (κ2) is 9.57. The number of H-pyrrole nitrogens is 1. The Kier molecular flexibility index (Phi) is 6.79. The number of fused-ring (bicyclic) bond motifs is 1. The number of aromatic nitrogens is 5. The summed E-state index contributed by atoms with van der Waals surface area (Å²) in [5.74, 6) is -2.76. The van der Waals surface area contributed by atoms with Gasteiger partial charge in [0, 0.05) is 41.3 Å². The van der Waals surface area contributed by atoms with Crippen molar-refractivity contribution in [2.75, 3.05) is 13.1 Å². The van der Waals surface area contributed by atoms with Crippen LogP contribution < -0.4 is 0 Å². The third-order valence-electron chi connectivity index (χ3n) is 5.60. The van der Waals surface area contributed by atoms with Crippen molar-refractivity contribution >= 4 is 38.4 Å². The highest BCUT2D eigenvalue weighted by atomic mass is 32.2. The first-order valence-electron chi connectivity index (χ1n) is 10.4. The minimum Gasteiger partial charge on any atom is -0.475 e. The van der Waals surface area contributed by atoms with E-state index in [4.69, 9.17) is 9.90 Å². The molecule has 5 rings (SSSR count). The Morgan fingerprint density at radius 2 is 2.00 bits per heavy atom. The summed E-state index contributed by atoms with van der Waals surface area (Å²) in [6, 6.07) is 7.51. The molecule has 0 amide bonds. The van der Waals surface area contributed by atoms with E-state index in [0.717, 1.165) is 27.2 Å². The molecule has 5 heterocycles. The summed E-state index contributed by atoms with van der Waals surface area (Å²) in [6.45, 7) is 2.27. The third-order valence-corrected chi connectivity index (χ3v) is 8.86. The molecule has 0 aliphatic carbocycles. The van der Waals surface area contributed by atoms with Gasteiger partial charge in [0.1, 0.15) is 21.7 Å². The molecule has 4 aromatic heterocycles. The van der Waals surface area contributed by atoms with Gasteiger partial charge in [-0.1, -0.05) is 0 Å². The van der Waals surface area contributed by atoms with Crippen molar-refractivity contribution in [3.05, 3.63) is 48.0 Å². The molecule has 1 aliphatic heterocycles. The van der Waals surface area contributed by atoms with Crippen LogP contribution in [0.5, 0.6) is 0 Å². The fourth-order valence-electron chi connectivity index (χ4n) is 3.75. The molecule has 0 unspecified atom stereocenters. The Balaban J connectivity index is 0.000000405. The fourth-order valence-corrected chi connectivity index (χ4v) is 6.79. The first kappa shape index (κ1) is 26.3. The molecule has 0 atom stereocenters. The highest BCUT2D eigenvalue weighted by molar-refractivity contribution is 7.91. The van der Waals surface area contributed by atoms with E-state index in [1.54, 1.807) is 29.2 Å². The predicted molar refractivity (Wildman–Crippen MR) is 125 cm³/mol. The number of aryl methyl sites for hydroxylation is 1. The van der Waals surface area contributed by atoms with Gasteiger partial charge in [-0.15, -0.1) is 11.3 Å². The van der Waals surface area contributed by atoms with Crippen molar-refractivity contribution in [2.45, 2.75) is 29.3 Å². The number of hydrogen-bond donors (Lipinski definition) is 2. The minimum atomic E-state index is -5.08. The number of halogens is 3. The van der Waals surface area contributed by atoms with E-state index in [2.05, 4.69) is 26.1 Å². The summed E-state index contributed by atoms with van der Waals surface area (Å²) in [6.07, 6.45) is 1.87. The van der Waals surface area contributed by atoms with Crippen molar-refractivity contribution < 1.29 is 31.5 Å². The molecule has 1 saturated heterocycles. The van der Waals surface area contributed by atoms with E-state index in [9.17, 15) is 26.9 Å². The second-order valence-corrected chi connectivity index (χ2v) is 11.6. The number of carbonyl (C=O) groups is 1. The van der Waals surface area contributed by atoms with Gasteiger partial charge in [-0.05, 0) is 25.1 Å². The van der Waals surface area contributed by atoms with E-state index in [-0.39, 0.29) is 19.5 Å². The van der Waals surface area contributed by atoms with Gasteiger partial charge in [0.2, 0.25) is 0 Å². The average Bonchev–Trinajstić information content (AvgIpc) is 3.56. The Morgan fingerprint density at radius 3 is 2.59 bits per heavy atom. The van der Waals surface area contributed by atoms with E-state index in [1.165, 1.54) is 22.0 Å². The Labute approximate surface area is 211 Å². The summed E-state index contributed by atoms with van der Waals surface area (Å²) in [7, 11) is -3.57. The summed E-state index contributed by atoms with van der Waals surface area (Å²) < 4.78 is 61.0. The van der Waals surface area contributed by atoms with Crippen LogP contribution in [0.4, 0.5) is 13.2 Å². The van der Waals surface area contributed by atoms with Gasteiger partial charge < -0.3 is 10.1 Å². The molecule has 0 spiro atoms. The average molecular weight is 554 g/mol. The number of alkyl halides is 3. The smallest absolute Gasteiger partial charge is 0.475 e. The molecule has 1 aliphatic rings. The standard InChI is InChI=1S/C19H17N7O2S2.C2HF3O2/c1-13-2-3-16(29-13)30(27,28)25-10-19(11-25,5-6-20)26-9-14(8-24-26)17-15-4-7-21-18(15)23-12-22-17;3-2(4,5)1(6)7/h2-4,7-9,12H,5,10-11H2,1H3,(H,21,22,23);(H,6,7). The van der Waals surface area contributed by atoms with Crippen molar-refractivity contribution in [1.82, 2.24) is 29.0 Å². The zero-order valence-electron chi connectivity index (χ0n) is 19.0. The zero-order chi connectivity index (χ0) is 27.0. The van der Waals surface area contributed by atoms with Crippen LogP contribution in [0.2, 0.25) is 0 Å². The maximum Gasteiger partial charge on any atom is 0.490 e. The number of carboxylic acids is 1. The molecule has 194 valence electrons. The maximum absolute atomic E-state index is 12.9. The van der Waals surface area contributed by atoms with Gasteiger partial charge in [0.15, 0.2) is 0 Å². The van der Waals surface area contributed by atoms with Crippen LogP contribution in [0.1, 0.15) is 11.3 Å². The molecule has 0 aromatic carbocycles. The molecule has 1 fully saturated rings. The molecule has 16 heteroatoms. The number of sulfonamides is 1. The van der Waals surface area contributed by atoms with Crippen molar-refractivity contribution in [3.63, 3.8) is 0 Å². The van der Waals surface area contributed by atoms with Crippen LogP contribution in [-0.2, 0) is 20.4 Å². The number of nitrogens with zero attached hydrogens (tertiary/aromatic N) is 6. The van der Waals surface area contributed by atoms with Gasteiger partial charge in [-0.25, -0.2) is 23.2 Å². The van der Waals surface area contributed by atoms with Crippen LogP contribution in [0.3, 0.4) is 0 Å². The number of hydrogen-bond acceptors (Lipinski definition) is 8. The van der Waals surface area contributed by atoms with Crippen molar-refractivity contribution in [1.29, 1.82) is 5.26 Å². The quantitative estimate of drug-likeness (QED) is 0.382. The SMILES string of the molecule is Cc1ccc(S(=O)(=O)N2CC(CC#N)(n3cc(-c4ncnc5[nH]ccc45)cn3)C2)s1.O=C(O)C(F)(F)F. The summed E-state index contributed by atoms with van der Waals surface area (Å²) in [5, 5.41) is 21.9. The number of aliphatic carboxylic acids is 1. The first-order valence-corrected chi connectivity index (χ1v) is 12.7. The van der Waals surface area contributed by atoms with E-state index in [0.29, 0.717) is 4.21 Å². The van der Waals surface area contributed by atoms with E-state index < -0.39 is 27.7 Å². The van der Waals surface area contributed by atoms with Crippen LogP contribution in [0.15, 0.2) is 47.3 Å². The number of nitrogens with one attached hydrogen (secondary N) is 1. The lowest BCUT2D eigenvalue weighted by molar-refractivity contribution is -0.192. The number of nitriles is 1. The molecule has 37 heavy (non-hydrogen) atoms. The fraction of sp³-hybridized carbons (Fsp3) is 0.286. The molecule has 0 saturated carbocycles. The number of thiophene rings is 1. The van der Waals surface area contributed by atoms with Crippen molar-refractivity contribution in [2.24, 2.45) is 0 Å². The summed E-state index contributed by atoms with van der Waals surface area (Å²) in [4.78, 5) is 21.5. The first-order chi connectivity index (χ1) is 17.4. The van der Waals surface area contributed by atoms with Gasteiger partial charge in [-0.3, -0.25) is 4.68 Å². The molecule has 0 bridgehead atoms. The van der Waals surface area contributed by atoms with Crippen LogP contribution in [-0.4, -0.2) is 67.8 Å². The van der Waals surface area contributed by atoms with Gasteiger partial charge in [0.25, 0.3) is 10.0 Å². The second-order valence-electron chi connectivity index (χ2n) is 8.14. The largest absolute Gasteiger partial charge is 0.490 e. The monoisotopic (exact) mass is 553 g/mol. The highest BCUT2D eigenvalue weighted by Crippen LogP contribution is 2.38. The van der Waals surface area contributed by atoms with E-state index in [1.807, 2.05) is 19.2 Å². The molecular weight excluding hydrogens is 535 g/mol. The Bertz CT molecular complexity index is 1600. The lowest BCUT2D eigenvalue weighted by Crippen LogP contribution is -2.64. The number of carboxylic acid groups (broad SMARTS) is 1. The summed E-state index contributed by atoms with van der Waals surface area (Å²) >= 11 is 1.25. The molecule has 4 aromatic rings. The van der Waals surface area contributed by atoms with Gasteiger partial charge in [-0.2, -0.15) is 27.8 Å². The lowest BCUT2D eigenvalue weighted by atomic mass is 9.89. The molecule has 0 radical (unpaired) electrons. The normalized spacial score (nSPS) is 15.4. The predicted octanol–water partition coefficient (Wildman–Crippen LogP) is 3.14. The maximum atomic E-state index is 12.9. The lowest BCUT2D eigenvalue weighted by Gasteiger charge is -2.47. The van der Waals surface area contributed by atoms with Crippen LogP contribution in [0.25, 0.3) is 22.3 Å². The van der Waals surface area contributed by atoms with Crippen molar-refractivity contribution in [3.8, 4) is 17.3 Å². The number of rotatable bonds is 5. The van der Waals surface area contributed by atoms with Crippen LogP contribution >= 0.6 is 11.3 Å². The summed E-state index contributed by atoms with van der Waals surface area (Å²) in [5.41, 5.74) is 1.55. The Hall–Kier alpha value is -3.81. The van der Waals surface area contributed by atoms with Gasteiger partial charge >= 0.3 is 12.1 Å². The topological polar surface area (TPSA) is 158 Å². The van der Waals surface area contributed by atoms with Crippen LogP contribution in [0, 0.1) is 18.3 Å². The Morgan fingerprint density at radius 1 is 1.30 bits per heavy atom. The number of aromatic amines is 1. The third kappa shape index (κ3) is 5.05. The van der Waals surface area contributed by atoms with Gasteiger partial charge in [0.05, 0.1) is 24.4 Å². The molecule has 11 nitrogen and oxygen atoms in total. The minimum absolute atomic E-state index is 0.160. The van der Waals surface area contributed by atoms with E-state index >= 15 is 0 Å².